The van der Waals surface area contributed by atoms with Crippen molar-refractivity contribution in [3.63, 3.8) is 0 Å². The summed E-state index contributed by atoms with van der Waals surface area (Å²) in [6.07, 6.45) is 2.68. The Morgan fingerprint density at radius 1 is 1.20 bits per heavy atom. The highest BCUT2D eigenvalue weighted by molar-refractivity contribution is 7.05. The number of rotatable bonds is 6. The van der Waals surface area contributed by atoms with E-state index in [2.05, 4.69) is 47.5 Å². The molecule has 2 rings (SSSR count). The average Bonchev–Trinajstić information content (AvgIpc) is 2.89. The van der Waals surface area contributed by atoms with E-state index in [0.29, 0.717) is 0 Å². The molecule has 20 heavy (non-hydrogen) atoms. The molecule has 1 aromatic carbocycles. The highest BCUT2D eigenvalue weighted by Crippen LogP contribution is 2.19. The molecule has 0 spiro atoms. The van der Waals surface area contributed by atoms with Crippen molar-refractivity contribution in [1.29, 1.82) is 0 Å². The summed E-state index contributed by atoms with van der Waals surface area (Å²) < 4.78 is 4.39. The standard InChI is InChI=1S/C15H22N4S/c1-3-4-12(16)14(17)15-18-13(19-20-15)9-11-7-5-10(2)6-8-11/h5-8,12,14H,3-4,9,16-17H2,1-2H3. The Hall–Kier alpha value is -1.30. The fraction of sp³-hybridized carbons (Fsp3) is 0.467. The van der Waals surface area contributed by atoms with E-state index >= 15 is 0 Å². The molecular formula is C15H22N4S. The van der Waals surface area contributed by atoms with Crippen LogP contribution in [0.5, 0.6) is 0 Å². The Bertz CT molecular complexity index is 535. The maximum absolute atomic E-state index is 6.13. The van der Waals surface area contributed by atoms with Crippen molar-refractivity contribution in [2.45, 2.75) is 45.2 Å². The number of nitrogens with zero attached hydrogens (tertiary/aromatic N) is 2. The molecule has 1 aromatic heterocycles. The number of aromatic nitrogens is 2. The quantitative estimate of drug-likeness (QED) is 0.857. The summed E-state index contributed by atoms with van der Waals surface area (Å²) >= 11 is 1.37. The van der Waals surface area contributed by atoms with Gasteiger partial charge in [-0.1, -0.05) is 43.2 Å². The first-order chi connectivity index (χ1) is 9.60. The van der Waals surface area contributed by atoms with Crippen molar-refractivity contribution < 1.29 is 0 Å². The summed E-state index contributed by atoms with van der Waals surface area (Å²) in [5.41, 5.74) is 14.7. The summed E-state index contributed by atoms with van der Waals surface area (Å²) in [6, 6.07) is 8.17. The van der Waals surface area contributed by atoms with E-state index in [1.165, 1.54) is 22.7 Å². The minimum atomic E-state index is -0.209. The molecule has 4 N–H and O–H groups in total. The van der Waals surface area contributed by atoms with Crippen LogP contribution >= 0.6 is 11.5 Å². The molecule has 108 valence electrons. The Morgan fingerprint density at radius 2 is 1.90 bits per heavy atom. The van der Waals surface area contributed by atoms with Crippen LogP contribution in [0.2, 0.25) is 0 Å². The molecule has 1 heterocycles. The second-order valence-corrected chi connectivity index (χ2v) is 5.97. The van der Waals surface area contributed by atoms with Crippen molar-refractivity contribution in [2.24, 2.45) is 11.5 Å². The smallest absolute Gasteiger partial charge is 0.147 e. The van der Waals surface area contributed by atoms with Crippen LogP contribution in [0, 0.1) is 6.92 Å². The highest BCUT2D eigenvalue weighted by Gasteiger charge is 2.19. The Labute approximate surface area is 124 Å². The van der Waals surface area contributed by atoms with Gasteiger partial charge in [0.25, 0.3) is 0 Å². The van der Waals surface area contributed by atoms with Gasteiger partial charge in [-0.2, -0.15) is 4.37 Å². The summed E-state index contributed by atoms with van der Waals surface area (Å²) in [5.74, 6) is 0.827. The average molecular weight is 290 g/mol. The largest absolute Gasteiger partial charge is 0.326 e. The first-order valence-corrected chi connectivity index (χ1v) is 7.76. The highest BCUT2D eigenvalue weighted by atomic mass is 32.1. The second-order valence-electron chi connectivity index (χ2n) is 5.19. The van der Waals surface area contributed by atoms with Crippen LogP contribution in [0.1, 0.15) is 47.8 Å². The first-order valence-electron chi connectivity index (χ1n) is 6.99. The molecule has 0 bridgehead atoms. The van der Waals surface area contributed by atoms with Gasteiger partial charge in [-0.3, -0.25) is 0 Å². The van der Waals surface area contributed by atoms with Gasteiger partial charge < -0.3 is 11.5 Å². The molecule has 0 fully saturated rings. The molecule has 2 atom stereocenters. The molecule has 0 aliphatic carbocycles. The van der Waals surface area contributed by atoms with Crippen LogP contribution in [0.15, 0.2) is 24.3 Å². The van der Waals surface area contributed by atoms with Crippen molar-refractivity contribution >= 4 is 11.5 Å². The molecule has 2 unspecified atom stereocenters. The molecule has 0 saturated carbocycles. The molecule has 0 aliphatic rings. The Balaban J connectivity index is 2.03. The maximum atomic E-state index is 6.13. The fourth-order valence-corrected chi connectivity index (χ4v) is 2.81. The van der Waals surface area contributed by atoms with Crippen molar-refractivity contribution in [2.75, 3.05) is 0 Å². The predicted octanol–water partition coefficient (Wildman–Crippen LogP) is 2.56. The number of hydrogen-bond acceptors (Lipinski definition) is 5. The predicted molar refractivity (Wildman–Crippen MR) is 83.7 cm³/mol. The Kier molecular flexibility index (Phi) is 5.23. The van der Waals surface area contributed by atoms with E-state index in [0.717, 1.165) is 30.1 Å². The van der Waals surface area contributed by atoms with Crippen molar-refractivity contribution in [3.8, 4) is 0 Å². The van der Waals surface area contributed by atoms with E-state index in [-0.39, 0.29) is 12.1 Å². The number of aryl methyl sites for hydroxylation is 1. The lowest BCUT2D eigenvalue weighted by Gasteiger charge is -2.15. The zero-order valence-corrected chi connectivity index (χ0v) is 12.9. The minimum absolute atomic E-state index is 0.0415. The van der Waals surface area contributed by atoms with Crippen LogP contribution in [-0.4, -0.2) is 15.4 Å². The minimum Gasteiger partial charge on any atom is -0.326 e. The van der Waals surface area contributed by atoms with Gasteiger partial charge in [-0.15, -0.1) is 0 Å². The van der Waals surface area contributed by atoms with E-state index in [1.54, 1.807) is 0 Å². The topological polar surface area (TPSA) is 77.8 Å². The van der Waals surface area contributed by atoms with Gasteiger partial charge in [0.1, 0.15) is 10.8 Å². The molecule has 0 aliphatic heterocycles. The molecule has 2 aromatic rings. The van der Waals surface area contributed by atoms with Crippen molar-refractivity contribution in [3.05, 3.63) is 46.2 Å². The van der Waals surface area contributed by atoms with Gasteiger partial charge in [0.2, 0.25) is 0 Å². The van der Waals surface area contributed by atoms with Crippen LogP contribution in [0.4, 0.5) is 0 Å². The fourth-order valence-electron chi connectivity index (χ4n) is 2.06. The Morgan fingerprint density at radius 3 is 2.55 bits per heavy atom. The molecular weight excluding hydrogens is 268 g/mol. The van der Waals surface area contributed by atoms with E-state index in [9.17, 15) is 0 Å². The summed E-state index contributed by atoms with van der Waals surface area (Å²) in [4.78, 5) is 4.53. The van der Waals surface area contributed by atoms with E-state index < -0.39 is 0 Å². The van der Waals surface area contributed by atoms with Gasteiger partial charge in [0.15, 0.2) is 0 Å². The van der Waals surface area contributed by atoms with Gasteiger partial charge in [0, 0.05) is 12.5 Å². The molecule has 0 amide bonds. The van der Waals surface area contributed by atoms with Gasteiger partial charge >= 0.3 is 0 Å². The van der Waals surface area contributed by atoms with Gasteiger partial charge in [-0.05, 0) is 30.4 Å². The van der Waals surface area contributed by atoms with E-state index in [1.807, 2.05) is 0 Å². The van der Waals surface area contributed by atoms with Crippen LogP contribution in [0.3, 0.4) is 0 Å². The second kappa shape index (κ2) is 6.92. The lowest BCUT2D eigenvalue weighted by atomic mass is 10.1. The van der Waals surface area contributed by atoms with E-state index in [4.69, 9.17) is 11.5 Å². The van der Waals surface area contributed by atoms with Crippen molar-refractivity contribution in [1.82, 2.24) is 9.36 Å². The third-order valence-electron chi connectivity index (χ3n) is 3.34. The number of hydrogen-bond donors (Lipinski definition) is 2. The summed E-state index contributed by atoms with van der Waals surface area (Å²) in [7, 11) is 0. The monoisotopic (exact) mass is 290 g/mol. The zero-order chi connectivity index (χ0) is 14.5. The molecule has 0 radical (unpaired) electrons. The lowest BCUT2D eigenvalue weighted by molar-refractivity contribution is 0.504. The molecule has 4 nitrogen and oxygen atoms in total. The first kappa shape index (κ1) is 15.1. The van der Waals surface area contributed by atoms with Gasteiger partial charge in [0.05, 0.1) is 6.04 Å². The number of nitrogens with two attached hydrogens (primary N) is 2. The third kappa shape index (κ3) is 3.85. The van der Waals surface area contributed by atoms with Gasteiger partial charge in [-0.25, -0.2) is 4.98 Å². The SMILES string of the molecule is CCCC(N)C(N)c1nc(Cc2ccc(C)cc2)ns1. The summed E-state index contributed by atoms with van der Waals surface area (Å²) in [5, 5.41) is 0.841. The molecule has 0 saturated heterocycles. The normalized spacial score (nSPS) is 14.2. The third-order valence-corrected chi connectivity index (χ3v) is 4.19. The lowest BCUT2D eigenvalue weighted by Crippen LogP contribution is -2.33. The molecule has 5 heteroatoms. The van der Waals surface area contributed by atoms with Crippen LogP contribution in [0.25, 0.3) is 0 Å². The maximum Gasteiger partial charge on any atom is 0.147 e. The number of benzene rings is 1. The van der Waals surface area contributed by atoms with Crippen LogP contribution in [-0.2, 0) is 6.42 Å². The zero-order valence-electron chi connectivity index (χ0n) is 12.0. The summed E-state index contributed by atoms with van der Waals surface area (Å²) in [6.45, 7) is 4.19. The van der Waals surface area contributed by atoms with Crippen LogP contribution < -0.4 is 11.5 Å².